The largest absolute Gasteiger partial charge is 0.389 e. The Balaban J connectivity index is 3.09. The van der Waals surface area contributed by atoms with Crippen molar-refractivity contribution in [2.75, 3.05) is 40.1 Å². The summed E-state index contributed by atoms with van der Waals surface area (Å²) in [5, 5.41) is 9.51. The number of hydrogen-bond acceptors (Lipinski definition) is 5. The van der Waals surface area contributed by atoms with Crippen LogP contribution in [0.5, 0.6) is 0 Å². The molecule has 0 fully saturated rings. The fourth-order valence-electron chi connectivity index (χ4n) is 1.26. The Labute approximate surface area is 104 Å². The Morgan fingerprint density at radius 2 is 1.94 bits per heavy atom. The molecule has 0 saturated carbocycles. The van der Waals surface area contributed by atoms with Crippen LogP contribution < -0.4 is 5.48 Å². The predicted molar refractivity (Wildman–Crippen MR) is 66.8 cm³/mol. The van der Waals surface area contributed by atoms with E-state index in [2.05, 4.69) is 12.4 Å². The van der Waals surface area contributed by atoms with Crippen LogP contribution in [0.1, 0.15) is 32.6 Å². The van der Waals surface area contributed by atoms with Crippen LogP contribution >= 0.6 is 0 Å². The number of methoxy groups -OCH3 is 1. The number of aliphatic hydroxyl groups is 1. The molecule has 5 nitrogen and oxygen atoms in total. The van der Waals surface area contributed by atoms with E-state index < -0.39 is 6.10 Å². The van der Waals surface area contributed by atoms with Gasteiger partial charge in [-0.2, -0.15) is 5.48 Å². The van der Waals surface area contributed by atoms with Gasteiger partial charge >= 0.3 is 0 Å². The Morgan fingerprint density at radius 1 is 1.12 bits per heavy atom. The highest BCUT2D eigenvalue weighted by Crippen LogP contribution is 1.99. The van der Waals surface area contributed by atoms with Gasteiger partial charge < -0.3 is 14.6 Å². The Bertz CT molecular complexity index is 146. The van der Waals surface area contributed by atoms with E-state index in [4.69, 9.17) is 14.3 Å². The highest BCUT2D eigenvalue weighted by Gasteiger charge is 2.03. The lowest BCUT2D eigenvalue weighted by Gasteiger charge is -2.12. The van der Waals surface area contributed by atoms with E-state index in [0.717, 1.165) is 13.0 Å². The Hall–Kier alpha value is -0.200. The van der Waals surface area contributed by atoms with Gasteiger partial charge in [0.05, 0.1) is 25.9 Å². The van der Waals surface area contributed by atoms with E-state index in [1.54, 1.807) is 7.11 Å². The molecule has 1 unspecified atom stereocenters. The standard InChI is InChI=1S/C12H27NO4/c1-3-4-5-6-7-16-11-12(14)10-13-17-9-8-15-2/h12-14H,3-11H2,1-2H3. The minimum absolute atomic E-state index is 0.354. The molecule has 0 aromatic carbocycles. The third-order valence-corrected chi connectivity index (χ3v) is 2.26. The fraction of sp³-hybridized carbons (Fsp3) is 1.00. The van der Waals surface area contributed by atoms with Crippen LogP contribution in [0.3, 0.4) is 0 Å². The number of hydrogen-bond donors (Lipinski definition) is 2. The van der Waals surface area contributed by atoms with E-state index in [1.165, 1.54) is 19.3 Å². The van der Waals surface area contributed by atoms with E-state index in [9.17, 15) is 5.11 Å². The molecule has 104 valence electrons. The van der Waals surface area contributed by atoms with Crippen molar-refractivity contribution in [1.82, 2.24) is 5.48 Å². The summed E-state index contributed by atoms with van der Waals surface area (Å²) in [5.74, 6) is 0. The lowest BCUT2D eigenvalue weighted by atomic mass is 10.2. The molecule has 0 aliphatic rings. The number of ether oxygens (including phenoxy) is 2. The van der Waals surface area contributed by atoms with Gasteiger partial charge in [-0.1, -0.05) is 26.2 Å². The maximum atomic E-state index is 9.51. The van der Waals surface area contributed by atoms with E-state index in [-0.39, 0.29) is 0 Å². The fourth-order valence-corrected chi connectivity index (χ4v) is 1.26. The molecule has 0 aromatic rings. The van der Waals surface area contributed by atoms with Crippen LogP contribution in [-0.4, -0.2) is 51.3 Å². The first-order valence-corrected chi connectivity index (χ1v) is 6.40. The van der Waals surface area contributed by atoms with Gasteiger partial charge in [0.25, 0.3) is 0 Å². The number of unbranched alkanes of at least 4 members (excludes halogenated alkanes) is 3. The third kappa shape index (κ3) is 13.7. The first-order chi connectivity index (χ1) is 8.31. The molecule has 0 bridgehead atoms. The molecular formula is C12H27NO4. The normalized spacial score (nSPS) is 12.9. The summed E-state index contributed by atoms with van der Waals surface area (Å²) in [4.78, 5) is 5.01. The minimum atomic E-state index is -0.524. The van der Waals surface area contributed by atoms with Crippen molar-refractivity contribution in [2.24, 2.45) is 0 Å². The van der Waals surface area contributed by atoms with Gasteiger partial charge in [-0.3, -0.25) is 4.84 Å². The summed E-state index contributed by atoms with van der Waals surface area (Å²) in [6.07, 6.45) is 4.22. The molecular weight excluding hydrogens is 222 g/mol. The van der Waals surface area contributed by atoms with Crippen molar-refractivity contribution >= 4 is 0 Å². The quantitative estimate of drug-likeness (QED) is 0.378. The number of rotatable bonds is 13. The zero-order chi connectivity index (χ0) is 12.8. The van der Waals surface area contributed by atoms with Crippen molar-refractivity contribution in [1.29, 1.82) is 0 Å². The monoisotopic (exact) mass is 249 g/mol. The Kier molecular flexibility index (Phi) is 13.7. The summed E-state index contributed by atoms with van der Waals surface area (Å²) < 4.78 is 10.2. The first kappa shape index (κ1) is 16.8. The second-order valence-electron chi connectivity index (χ2n) is 3.98. The minimum Gasteiger partial charge on any atom is -0.389 e. The van der Waals surface area contributed by atoms with Gasteiger partial charge in [-0.25, -0.2) is 0 Å². The van der Waals surface area contributed by atoms with Gasteiger partial charge in [0, 0.05) is 20.3 Å². The predicted octanol–water partition coefficient (Wildman–Crippen LogP) is 1.11. The Morgan fingerprint density at radius 3 is 2.65 bits per heavy atom. The summed E-state index contributed by atoms with van der Waals surface area (Å²) in [5.41, 5.74) is 2.67. The van der Waals surface area contributed by atoms with Gasteiger partial charge in [0.1, 0.15) is 0 Å². The number of aliphatic hydroxyl groups excluding tert-OH is 1. The second-order valence-corrected chi connectivity index (χ2v) is 3.98. The summed E-state index contributed by atoms with van der Waals surface area (Å²) in [6.45, 7) is 4.64. The van der Waals surface area contributed by atoms with Crippen LogP contribution in [0.4, 0.5) is 0 Å². The second kappa shape index (κ2) is 13.9. The van der Waals surface area contributed by atoms with Gasteiger partial charge in [0.15, 0.2) is 0 Å². The lowest BCUT2D eigenvalue weighted by Crippen LogP contribution is -2.31. The maximum absolute atomic E-state index is 9.51. The molecule has 17 heavy (non-hydrogen) atoms. The number of nitrogens with one attached hydrogen (secondary N) is 1. The molecule has 2 N–H and O–H groups in total. The van der Waals surface area contributed by atoms with Crippen molar-refractivity contribution in [3.8, 4) is 0 Å². The van der Waals surface area contributed by atoms with Crippen molar-refractivity contribution < 1.29 is 19.4 Å². The van der Waals surface area contributed by atoms with Crippen molar-refractivity contribution in [3.05, 3.63) is 0 Å². The molecule has 0 saturated heterocycles. The molecule has 0 spiro atoms. The maximum Gasteiger partial charge on any atom is 0.0920 e. The molecule has 0 aromatic heterocycles. The van der Waals surface area contributed by atoms with Crippen LogP contribution in [-0.2, 0) is 14.3 Å². The van der Waals surface area contributed by atoms with Crippen LogP contribution in [0.2, 0.25) is 0 Å². The molecule has 5 heteroatoms. The average Bonchev–Trinajstić information content (AvgIpc) is 2.33. The van der Waals surface area contributed by atoms with Gasteiger partial charge in [-0.05, 0) is 6.42 Å². The van der Waals surface area contributed by atoms with E-state index in [1.807, 2.05) is 0 Å². The highest BCUT2D eigenvalue weighted by atomic mass is 16.7. The third-order valence-electron chi connectivity index (χ3n) is 2.26. The lowest BCUT2D eigenvalue weighted by molar-refractivity contribution is -0.0291. The molecule has 0 rings (SSSR count). The highest BCUT2D eigenvalue weighted by molar-refractivity contribution is 4.53. The van der Waals surface area contributed by atoms with Crippen molar-refractivity contribution in [3.63, 3.8) is 0 Å². The average molecular weight is 249 g/mol. The molecule has 0 radical (unpaired) electrons. The molecule has 1 atom stereocenters. The van der Waals surface area contributed by atoms with Gasteiger partial charge in [-0.15, -0.1) is 0 Å². The first-order valence-electron chi connectivity index (χ1n) is 6.40. The zero-order valence-electron chi connectivity index (χ0n) is 11.1. The van der Waals surface area contributed by atoms with Crippen LogP contribution in [0, 0.1) is 0 Å². The zero-order valence-corrected chi connectivity index (χ0v) is 11.1. The van der Waals surface area contributed by atoms with Crippen LogP contribution in [0.25, 0.3) is 0 Å². The smallest absolute Gasteiger partial charge is 0.0920 e. The molecule has 0 aliphatic heterocycles. The summed E-state index contributed by atoms with van der Waals surface area (Å²) in [6, 6.07) is 0. The van der Waals surface area contributed by atoms with E-state index >= 15 is 0 Å². The molecule has 0 amide bonds. The SMILES string of the molecule is CCCCCCOCC(O)CNOCCOC. The molecule has 0 heterocycles. The van der Waals surface area contributed by atoms with E-state index in [0.29, 0.717) is 26.4 Å². The van der Waals surface area contributed by atoms with Gasteiger partial charge in [0.2, 0.25) is 0 Å². The van der Waals surface area contributed by atoms with Crippen LogP contribution in [0.15, 0.2) is 0 Å². The molecule has 0 aliphatic carbocycles. The number of hydroxylamine groups is 1. The summed E-state index contributed by atoms with van der Waals surface area (Å²) in [7, 11) is 1.62. The topological polar surface area (TPSA) is 60.0 Å². The van der Waals surface area contributed by atoms with Crippen molar-refractivity contribution in [2.45, 2.75) is 38.7 Å². The summed E-state index contributed by atoms with van der Waals surface area (Å²) >= 11 is 0.